The van der Waals surface area contributed by atoms with Crippen LogP contribution in [0.3, 0.4) is 0 Å². The lowest BCUT2D eigenvalue weighted by molar-refractivity contribution is -0.384. The lowest BCUT2D eigenvalue weighted by atomic mass is 9.68. The molecule has 1 aliphatic heterocycles. The molecular weight excluding hydrogens is 563 g/mol. The topological polar surface area (TPSA) is 113 Å². The second kappa shape index (κ2) is 11.3. The van der Waals surface area contributed by atoms with Crippen molar-refractivity contribution in [3.63, 3.8) is 0 Å². The molecule has 2 aliphatic rings. The molecule has 1 heterocycles. The minimum Gasteiger partial charge on any atom is -0.384 e. The highest BCUT2D eigenvalue weighted by Gasteiger charge is 2.46. The van der Waals surface area contributed by atoms with Crippen molar-refractivity contribution in [2.24, 2.45) is 11.1 Å². The Labute approximate surface area is 255 Å². The average Bonchev–Trinajstić information content (AvgIpc) is 2.93. The smallest absolute Gasteiger partial charge is 0.296 e. The summed E-state index contributed by atoms with van der Waals surface area (Å²) < 4.78 is 14.1. The molecule has 3 aromatic rings. The fourth-order valence-corrected chi connectivity index (χ4v) is 7.09. The molecule has 43 heavy (non-hydrogen) atoms. The van der Waals surface area contributed by atoms with Gasteiger partial charge in [-0.2, -0.15) is 5.26 Å². The summed E-state index contributed by atoms with van der Waals surface area (Å²) in [6.07, 6.45) is 0.640. The van der Waals surface area contributed by atoms with Gasteiger partial charge in [0.2, 0.25) is 0 Å². The van der Waals surface area contributed by atoms with Gasteiger partial charge < -0.3 is 5.73 Å². The molecule has 0 fully saturated rings. The van der Waals surface area contributed by atoms with Crippen molar-refractivity contribution in [1.82, 2.24) is 0 Å². The number of allylic oxidation sites excluding steroid dienone is 3. The van der Waals surface area contributed by atoms with Crippen LogP contribution in [0.5, 0.6) is 0 Å². The predicted octanol–water partition coefficient (Wildman–Crippen LogP) is 7.89. The Hall–Kier alpha value is -4.42. The minimum absolute atomic E-state index is 0.00273. The average molecular weight is 597 g/mol. The highest BCUT2D eigenvalue weighted by atomic mass is 32.2. The Balaban J connectivity index is 1.70. The number of benzene rings is 3. The van der Waals surface area contributed by atoms with E-state index in [4.69, 9.17) is 5.73 Å². The summed E-state index contributed by atoms with van der Waals surface area (Å²) in [7, 11) is 0. The van der Waals surface area contributed by atoms with Gasteiger partial charge in [-0.05, 0) is 73.6 Å². The summed E-state index contributed by atoms with van der Waals surface area (Å²) in [5.41, 5.74) is 11.9. The van der Waals surface area contributed by atoms with E-state index in [-0.39, 0.29) is 29.3 Å². The number of thioether (sulfide) groups is 1. The monoisotopic (exact) mass is 596 g/mol. The van der Waals surface area contributed by atoms with Gasteiger partial charge in [-0.3, -0.25) is 19.8 Å². The Morgan fingerprint density at radius 2 is 1.79 bits per heavy atom. The van der Waals surface area contributed by atoms with Crippen LogP contribution >= 0.6 is 11.8 Å². The van der Waals surface area contributed by atoms with Crippen LogP contribution in [-0.4, -0.2) is 10.7 Å². The van der Waals surface area contributed by atoms with Crippen LogP contribution in [0.15, 0.2) is 82.2 Å². The maximum Gasteiger partial charge on any atom is 0.296 e. The lowest BCUT2D eigenvalue weighted by Crippen LogP contribution is -2.42. The molecule has 0 bridgehead atoms. The predicted molar refractivity (Wildman–Crippen MR) is 167 cm³/mol. The van der Waals surface area contributed by atoms with E-state index in [1.807, 2.05) is 40.7 Å². The zero-order chi connectivity index (χ0) is 31.2. The summed E-state index contributed by atoms with van der Waals surface area (Å²) in [6.45, 7) is 9.95. The van der Waals surface area contributed by atoms with Crippen molar-refractivity contribution in [3.05, 3.63) is 121 Å². The number of nitro groups is 1. The van der Waals surface area contributed by atoms with Crippen LogP contribution in [0.25, 0.3) is 0 Å². The van der Waals surface area contributed by atoms with Crippen LogP contribution in [0, 0.1) is 53.4 Å². The summed E-state index contributed by atoms with van der Waals surface area (Å²) in [5.74, 6) is -0.944. The molecule has 0 aromatic heterocycles. The van der Waals surface area contributed by atoms with Crippen molar-refractivity contribution in [1.29, 1.82) is 5.26 Å². The van der Waals surface area contributed by atoms with Crippen molar-refractivity contribution >= 4 is 28.9 Å². The molecule has 0 saturated heterocycles. The summed E-state index contributed by atoms with van der Waals surface area (Å²) in [4.78, 5) is 27.9. The van der Waals surface area contributed by atoms with Crippen LogP contribution < -0.4 is 10.6 Å². The number of Topliss-reactive ketones (excluding diaryl/α,β-unsaturated/α-hetero) is 1. The summed E-state index contributed by atoms with van der Waals surface area (Å²) in [5, 5.41) is 22.5. The molecule has 0 saturated carbocycles. The van der Waals surface area contributed by atoms with Crippen LogP contribution in [0.2, 0.25) is 0 Å². The van der Waals surface area contributed by atoms with Gasteiger partial charge in [0.15, 0.2) is 5.78 Å². The molecule has 9 heteroatoms. The number of ketones is 1. The lowest BCUT2D eigenvalue weighted by Gasteiger charge is -2.43. The SMILES string of the molecule is Cc1ccc(SCc2cc(C)cc(C3C(C#N)=C(N)N(c4ccc(F)cc4[N+](=O)[O-])C4=C3C(=O)CC(C)(C)C4)c2C)cc1. The van der Waals surface area contributed by atoms with E-state index >= 15 is 0 Å². The van der Waals surface area contributed by atoms with E-state index in [1.54, 1.807) is 11.8 Å². The van der Waals surface area contributed by atoms with Crippen molar-refractivity contribution < 1.29 is 14.1 Å². The first-order valence-electron chi connectivity index (χ1n) is 14.0. The zero-order valence-corrected chi connectivity index (χ0v) is 25.6. The van der Waals surface area contributed by atoms with E-state index in [1.165, 1.54) is 16.5 Å². The zero-order valence-electron chi connectivity index (χ0n) is 24.8. The van der Waals surface area contributed by atoms with E-state index in [2.05, 4.69) is 36.4 Å². The van der Waals surface area contributed by atoms with Crippen LogP contribution in [-0.2, 0) is 10.5 Å². The first kappa shape index (κ1) is 30.1. The number of hydrogen-bond donors (Lipinski definition) is 1. The maximum absolute atomic E-state index is 14.1. The molecule has 1 aliphatic carbocycles. The highest BCUT2D eigenvalue weighted by Crippen LogP contribution is 2.52. The number of hydrogen-bond acceptors (Lipinski definition) is 7. The standard InChI is InChI=1S/C34H33FN4O3S/c1-19-6-9-24(10-7-19)43-18-22-12-20(2)13-25(21(22)3)31-26(17-36)33(37)38(27-11-8-23(35)14-28(27)39(41)42)29-15-34(4,5)16-30(40)32(29)31/h6-14,31H,15-16,18,37H2,1-5H3. The van der Waals surface area contributed by atoms with Crippen molar-refractivity contribution in [2.75, 3.05) is 4.90 Å². The minimum atomic E-state index is -0.769. The molecule has 1 atom stereocenters. The van der Waals surface area contributed by atoms with Crippen LogP contribution in [0.1, 0.15) is 60.4 Å². The van der Waals surface area contributed by atoms with E-state index in [0.717, 1.165) is 39.3 Å². The summed E-state index contributed by atoms with van der Waals surface area (Å²) in [6, 6.07) is 17.9. The van der Waals surface area contributed by atoms with Gasteiger partial charge in [-0.25, -0.2) is 4.39 Å². The van der Waals surface area contributed by atoms with Crippen LogP contribution in [0.4, 0.5) is 15.8 Å². The molecular formula is C34H33FN4O3S. The Bertz CT molecular complexity index is 1770. The molecule has 0 amide bonds. The number of carbonyl (C=O) groups excluding carboxylic acids is 1. The molecule has 5 rings (SSSR count). The van der Waals surface area contributed by atoms with E-state index < -0.39 is 27.8 Å². The van der Waals surface area contributed by atoms with Gasteiger partial charge in [0.1, 0.15) is 17.3 Å². The number of nitrogens with zero attached hydrogens (tertiary/aromatic N) is 3. The highest BCUT2D eigenvalue weighted by molar-refractivity contribution is 7.98. The molecule has 0 spiro atoms. The normalized spacial score (nSPS) is 18.0. The Kier molecular flexibility index (Phi) is 7.93. The van der Waals surface area contributed by atoms with E-state index in [9.17, 15) is 24.6 Å². The number of nitriles is 1. The fourth-order valence-electron chi connectivity index (χ4n) is 6.14. The third-order valence-corrected chi connectivity index (χ3v) is 9.24. The van der Waals surface area contributed by atoms with E-state index in [0.29, 0.717) is 23.4 Å². The summed E-state index contributed by atoms with van der Waals surface area (Å²) >= 11 is 1.71. The quantitative estimate of drug-likeness (QED) is 0.175. The number of aryl methyl sites for hydroxylation is 2. The second-order valence-corrected chi connectivity index (χ2v) is 13.2. The second-order valence-electron chi connectivity index (χ2n) is 12.1. The van der Waals surface area contributed by atoms with Crippen molar-refractivity contribution in [2.45, 2.75) is 64.0 Å². The Morgan fingerprint density at radius 1 is 1.09 bits per heavy atom. The number of carbonyl (C=O) groups is 1. The maximum atomic E-state index is 14.1. The molecule has 3 aromatic carbocycles. The van der Waals surface area contributed by atoms with Crippen molar-refractivity contribution in [3.8, 4) is 6.07 Å². The van der Waals surface area contributed by atoms with Gasteiger partial charge in [-0.15, -0.1) is 11.8 Å². The van der Waals surface area contributed by atoms with Gasteiger partial charge in [0, 0.05) is 28.3 Å². The molecule has 7 nitrogen and oxygen atoms in total. The number of rotatable bonds is 6. The molecule has 1 unspecified atom stereocenters. The van der Waals surface area contributed by atoms with Gasteiger partial charge in [-0.1, -0.05) is 49.2 Å². The van der Waals surface area contributed by atoms with Gasteiger partial charge in [0.25, 0.3) is 5.69 Å². The number of nitrogens with two attached hydrogens (primary N) is 1. The number of anilines is 1. The third kappa shape index (κ3) is 5.67. The molecule has 2 N–H and O–H groups in total. The Morgan fingerprint density at radius 3 is 2.44 bits per heavy atom. The first-order chi connectivity index (χ1) is 20.3. The first-order valence-corrected chi connectivity index (χ1v) is 15.0. The fraction of sp³-hybridized carbons (Fsp3) is 0.294. The number of halogens is 1. The van der Waals surface area contributed by atoms with Gasteiger partial charge >= 0.3 is 0 Å². The van der Waals surface area contributed by atoms with Gasteiger partial charge in [0.05, 0.1) is 28.5 Å². The largest absolute Gasteiger partial charge is 0.384 e. The molecule has 0 radical (unpaired) electrons. The third-order valence-electron chi connectivity index (χ3n) is 8.18. The number of nitro benzene ring substituents is 1. The molecule has 220 valence electrons.